The van der Waals surface area contributed by atoms with Gasteiger partial charge in [-0.15, -0.1) is 0 Å². The Morgan fingerprint density at radius 3 is 2.68 bits per heavy atom. The lowest BCUT2D eigenvalue weighted by Gasteiger charge is -2.35. The van der Waals surface area contributed by atoms with Crippen LogP contribution in [0.3, 0.4) is 0 Å². The molecule has 0 bridgehead atoms. The van der Waals surface area contributed by atoms with Crippen LogP contribution in [0.15, 0.2) is 54.6 Å². The van der Waals surface area contributed by atoms with Gasteiger partial charge in [0.1, 0.15) is 24.0 Å². The zero-order valence-electron chi connectivity index (χ0n) is 20.7. The molecule has 0 radical (unpaired) electrons. The minimum atomic E-state index is -0.605. The van der Waals surface area contributed by atoms with Crippen LogP contribution in [0.4, 0.5) is 14.7 Å². The van der Waals surface area contributed by atoms with Crippen molar-refractivity contribution in [1.82, 2.24) is 14.5 Å². The van der Waals surface area contributed by atoms with E-state index in [0.29, 0.717) is 34.9 Å². The van der Waals surface area contributed by atoms with E-state index in [1.807, 2.05) is 42.1 Å². The van der Waals surface area contributed by atoms with Crippen molar-refractivity contribution in [2.24, 2.45) is 0 Å². The summed E-state index contributed by atoms with van der Waals surface area (Å²) < 4.78 is 35.9. The summed E-state index contributed by atoms with van der Waals surface area (Å²) in [5.74, 6) is -0.0226. The van der Waals surface area contributed by atoms with Crippen molar-refractivity contribution in [3.05, 3.63) is 88.5 Å². The maximum Gasteiger partial charge on any atom is 0.217 e. The highest BCUT2D eigenvalue weighted by Crippen LogP contribution is 2.39. The molecular weight excluding hydrogens is 488 g/mol. The molecule has 1 fully saturated rings. The molecule has 2 atom stereocenters. The third-order valence-electron chi connectivity index (χ3n) is 7.25. The first-order chi connectivity index (χ1) is 18.4. The number of nitrogens with one attached hydrogen (secondary N) is 1. The quantitative estimate of drug-likeness (QED) is 0.299. The largest absolute Gasteiger partial charge is 0.488 e. The minimum absolute atomic E-state index is 0.117. The van der Waals surface area contributed by atoms with E-state index < -0.39 is 11.9 Å². The Bertz CT molecular complexity index is 1570. The Morgan fingerprint density at radius 2 is 1.89 bits per heavy atom. The van der Waals surface area contributed by atoms with Gasteiger partial charge in [0.15, 0.2) is 6.19 Å². The average Bonchev–Trinajstić information content (AvgIpc) is 3.16. The van der Waals surface area contributed by atoms with E-state index >= 15 is 0 Å². The Kier molecular flexibility index (Phi) is 6.06. The second kappa shape index (κ2) is 9.56. The van der Waals surface area contributed by atoms with Crippen molar-refractivity contribution in [2.45, 2.75) is 25.2 Å². The zero-order chi connectivity index (χ0) is 26.4. The Morgan fingerprint density at radius 1 is 1.11 bits per heavy atom. The summed E-state index contributed by atoms with van der Waals surface area (Å²) in [5.41, 5.74) is 5.20. The fraction of sp³-hybridized carbons (Fsp3) is 0.241. The molecule has 3 aromatic carbocycles. The number of likely N-dealkylation sites (tertiary alicyclic amines) is 1. The van der Waals surface area contributed by atoms with Crippen molar-refractivity contribution in [1.29, 1.82) is 5.26 Å². The van der Waals surface area contributed by atoms with Crippen LogP contribution >= 0.6 is 0 Å². The SMILES string of the molecule is CN1CC[C@H](n2c(NC#N)nc3cc(C=C4c5ccc(F)cc5COc5cc(F)ccc54)ccc32)[C@@H](O)C1. The molecule has 0 spiro atoms. The van der Waals surface area contributed by atoms with Gasteiger partial charge in [0.25, 0.3) is 0 Å². The molecule has 2 aliphatic heterocycles. The van der Waals surface area contributed by atoms with Gasteiger partial charge in [-0.2, -0.15) is 5.26 Å². The lowest BCUT2D eigenvalue weighted by molar-refractivity contribution is 0.0403. The fourth-order valence-electron chi connectivity index (χ4n) is 5.46. The van der Waals surface area contributed by atoms with Crippen LogP contribution in [0.25, 0.3) is 22.7 Å². The van der Waals surface area contributed by atoms with Crippen molar-refractivity contribution in [3.8, 4) is 11.9 Å². The highest BCUT2D eigenvalue weighted by atomic mass is 19.1. The molecule has 0 unspecified atom stereocenters. The normalized spacial score (nSPS) is 20.3. The summed E-state index contributed by atoms with van der Waals surface area (Å²) in [4.78, 5) is 6.74. The number of hydrogen-bond acceptors (Lipinski definition) is 6. The van der Waals surface area contributed by atoms with Gasteiger partial charge in [-0.3, -0.25) is 5.32 Å². The third kappa shape index (κ3) is 4.28. The van der Waals surface area contributed by atoms with E-state index in [4.69, 9.17) is 4.74 Å². The second-order valence-corrected chi connectivity index (χ2v) is 9.76. The molecule has 0 aliphatic carbocycles. The minimum Gasteiger partial charge on any atom is -0.488 e. The van der Waals surface area contributed by atoms with E-state index in [-0.39, 0.29) is 18.5 Å². The molecule has 9 heteroatoms. The molecule has 2 N–H and O–H groups in total. The molecule has 3 heterocycles. The maximum absolute atomic E-state index is 14.1. The number of aliphatic hydroxyl groups is 1. The number of fused-ring (bicyclic) bond motifs is 3. The first kappa shape index (κ1) is 24.1. The summed E-state index contributed by atoms with van der Waals surface area (Å²) in [5, 5.41) is 22.8. The number of halogens is 2. The summed E-state index contributed by atoms with van der Waals surface area (Å²) in [6.07, 6.45) is 4.01. The number of hydrogen-bond donors (Lipinski definition) is 2. The molecule has 2 aliphatic rings. The van der Waals surface area contributed by atoms with Gasteiger partial charge in [0.05, 0.1) is 23.2 Å². The van der Waals surface area contributed by atoms with Gasteiger partial charge < -0.3 is 19.3 Å². The highest BCUT2D eigenvalue weighted by Gasteiger charge is 2.30. The number of nitriles is 1. The van der Waals surface area contributed by atoms with Gasteiger partial charge in [-0.25, -0.2) is 13.8 Å². The number of nitrogens with zero attached hydrogens (tertiary/aromatic N) is 4. The lowest BCUT2D eigenvalue weighted by Crippen LogP contribution is -2.42. The van der Waals surface area contributed by atoms with Gasteiger partial charge in [-0.1, -0.05) is 12.1 Å². The molecule has 6 rings (SSSR count). The molecule has 4 aromatic rings. The summed E-state index contributed by atoms with van der Waals surface area (Å²) >= 11 is 0. The number of benzene rings is 3. The van der Waals surface area contributed by atoms with Crippen molar-refractivity contribution in [2.75, 3.05) is 25.5 Å². The predicted octanol–water partition coefficient (Wildman–Crippen LogP) is 4.93. The smallest absolute Gasteiger partial charge is 0.217 e. The van der Waals surface area contributed by atoms with Crippen LogP contribution in [0.2, 0.25) is 0 Å². The van der Waals surface area contributed by atoms with Crippen molar-refractivity contribution in [3.63, 3.8) is 0 Å². The first-order valence-corrected chi connectivity index (χ1v) is 12.4. The first-order valence-electron chi connectivity index (χ1n) is 12.4. The van der Waals surface area contributed by atoms with E-state index in [1.54, 1.807) is 12.1 Å². The number of aliphatic hydroxyl groups excluding tert-OH is 1. The number of ether oxygens (including phenoxy) is 1. The molecule has 1 saturated heterocycles. The highest BCUT2D eigenvalue weighted by molar-refractivity contribution is 5.96. The summed E-state index contributed by atoms with van der Waals surface area (Å²) in [7, 11) is 1.97. The Balaban J connectivity index is 1.49. The predicted molar refractivity (Wildman–Crippen MR) is 140 cm³/mol. The molecule has 0 amide bonds. The topological polar surface area (TPSA) is 86.3 Å². The van der Waals surface area contributed by atoms with E-state index in [1.165, 1.54) is 24.3 Å². The molecule has 7 nitrogen and oxygen atoms in total. The number of rotatable bonds is 3. The summed E-state index contributed by atoms with van der Waals surface area (Å²) in [6.45, 7) is 1.47. The van der Waals surface area contributed by atoms with Crippen LogP contribution in [-0.4, -0.2) is 45.8 Å². The molecule has 1 aromatic heterocycles. The van der Waals surface area contributed by atoms with Crippen LogP contribution in [0.5, 0.6) is 5.75 Å². The van der Waals surface area contributed by atoms with Crippen LogP contribution in [0.1, 0.15) is 34.7 Å². The maximum atomic E-state index is 14.1. The number of anilines is 1. The molecular formula is C29H25F2N5O2. The standard InChI is InChI=1S/C29H25F2N5O2/c1-35-9-8-26(27(37)14-35)36-25-7-2-17(11-24(25)34-29(36)33-16-32)10-23-21-5-3-19(30)12-18(21)15-38-28-13-20(31)4-6-22(23)28/h2-7,10-13,26-27,37H,8-9,14-15H2,1H3,(H,33,34)/t26-,27-/m0/s1. The van der Waals surface area contributed by atoms with E-state index in [2.05, 4.69) is 15.2 Å². The number of likely N-dealkylation sites (N-methyl/N-ethyl adjacent to an activating group) is 1. The molecule has 0 saturated carbocycles. The zero-order valence-corrected chi connectivity index (χ0v) is 20.7. The average molecular weight is 514 g/mol. The van der Waals surface area contributed by atoms with Crippen molar-refractivity contribution < 1.29 is 18.6 Å². The third-order valence-corrected chi connectivity index (χ3v) is 7.25. The van der Waals surface area contributed by atoms with E-state index in [0.717, 1.165) is 35.2 Å². The second-order valence-electron chi connectivity index (χ2n) is 9.76. The monoisotopic (exact) mass is 513 g/mol. The number of β-amino-alcohol motifs (C(OH)–C–C–N with tert-alkyl or cyclic N) is 1. The van der Waals surface area contributed by atoms with Crippen molar-refractivity contribution >= 4 is 28.6 Å². The van der Waals surface area contributed by atoms with E-state index in [9.17, 15) is 19.1 Å². The van der Waals surface area contributed by atoms with Crippen LogP contribution in [-0.2, 0) is 6.61 Å². The van der Waals surface area contributed by atoms with Gasteiger partial charge in [-0.05, 0) is 72.6 Å². The number of imidazole rings is 1. The summed E-state index contributed by atoms with van der Waals surface area (Å²) in [6, 6.07) is 14.5. The van der Waals surface area contributed by atoms with Gasteiger partial charge in [0, 0.05) is 30.3 Å². The molecule has 38 heavy (non-hydrogen) atoms. The number of piperidine rings is 1. The number of aromatic nitrogens is 2. The van der Waals surface area contributed by atoms with Gasteiger partial charge >= 0.3 is 0 Å². The van der Waals surface area contributed by atoms with Crippen LogP contribution in [0, 0.1) is 23.1 Å². The molecule has 192 valence electrons. The van der Waals surface area contributed by atoms with Gasteiger partial charge in [0.2, 0.25) is 5.95 Å². The van der Waals surface area contributed by atoms with Crippen LogP contribution < -0.4 is 10.1 Å². The Labute approximate surface area is 218 Å². The fourth-order valence-corrected chi connectivity index (χ4v) is 5.46. The lowest BCUT2D eigenvalue weighted by atomic mass is 9.92. The Hall–Kier alpha value is -4.26.